The first-order valence-corrected chi connectivity index (χ1v) is 3.26. The van der Waals surface area contributed by atoms with Crippen LogP contribution < -0.4 is 5.73 Å². The van der Waals surface area contributed by atoms with Gasteiger partial charge >= 0.3 is 0 Å². The van der Waals surface area contributed by atoms with Crippen LogP contribution in [0.2, 0.25) is 0 Å². The van der Waals surface area contributed by atoms with Gasteiger partial charge in [0.15, 0.2) is 0 Å². The molecule has 0 amide bonds. The highest BCUT2D eigenvalue weighted by atomic mass is 14.5. The van der Waals surface area contributed by atoms with Gasteiger partial charge in [-0.2, -0.15) is 0 Å². The Morgan fingerprint density at radius 3 is 2.40 bits per heavy atom. The van der Waals surface area contributed by atoms with E-state index in [-0.39, 0.29) is 0 Å². The molecule has 0 aliphatic heterocycles. The van der Waals surface area contributed by atoms with Gasteiger partial charge in [-0.3, -0.25) is 0 Å². The summed E-state index contributed by atoms with van der Waals surface area (Å²) in [6, 6.07) is 0. The zero-order valence-corrected chi connectivity index (χ0v) is 6.52. The van der Waals surface area contributed by atoms with Crippen molar-refractivity contribution in [3.63, 3.8) is 0 Å². The number of hydrogen-bond donors (Lipinski definition) is 2. The third kappa shape index (κ3) is 5.09. The second kappa shape index (κ2) is 4.79. The summed E-state index contributed by atoms with van der Waals surface area (Å²) < 4.78 is 0. The largest absolute Gasteiger partial charge is 0.403 e. The van der Waals surface area contributed by atoms with Crippen LogP contribution in [0.25, 0.3) is 0 Å². The Kier molecular flexibility index (Phi) is 4.29. The lowest BCUT2D eigenvalue weighted by Crippen LogP contribution is -1.88. The van der Waals surface area contributed by atoms with E-state index in [0.717, 1.165) is 17.7 Å². The first-order valence-electron chi connectivity index (χ1n) is 3.26. The topological polar surface area (TPSA) is 49.9 Å². The molecule has 0 spiro atoms. The molecule has 0 bridgehead atoms. The van der Waals surface area contributed by atoms with Crippen molar-refractivity contribution in [3.05, 3.63) is 23.4 Å². The summed E-state index contributed by atoms with van der Waals surface area (Å²) in [5, 5.41) is 6.85. The Balaban J connectivity index is 3.74. The lowest BCUT2D eigenvalue weighted by Gasteiger charge is -1.88. The Morgan fingerprint density at radius 1 is 1.40 bits per heavy atom. The maximum absolute atomic E-state index is 6.85. The average Bonchev–Trinajstić information content (AvgIpc) is 1.87. The standard InChI is InChI=1S/C8H14N2/c1-7(6-9)4-3-5-8(2)10/h4-6,9H,3,10H2,1-2H3/b7-4-,8-5+,9-6?. The summed E-state index contributed by atoms with van der Waals surface area (Å²) in [7, 11) is 0. The summed E-state index contributed by atoms with van der Waals surface area (Å²) in [5.74, 6) is 0. The van der Waals surface area contributed by atoms with Gasteiger partial charge in [0, 0.05) is 11.9 Å². The van der Waals surface area contributed by atoms with Gasteiger partial charge in [0.1, 0.15) is 0 Å². The molecule has 3 N–H and O–H groups in total. The van der Waals surface area contributed by atoms with Crippen LogP contribution in [0, 0.1) is 5.41 Å². The highest BCUT2D eigenvalue weighted by molar-refractivity contribution is 5.74. The van der Waals surface area contributed by atoms with Crippen LogP contribution in [0.15, 0.2) is 23.4 Å². The minimum absolute atomic E-state index is 0.823. The van der Waals surface area contributed by atoms with E-state index in [0.29, 0.717) is 0 Å². The zero-order valence-electron chi connectivity index (χ0n) is 6.52. The first-order chi connectivity index (χ1) is 4.66. The fourth-order valence-electron chi connectivity index (χ4n) is 0.490. The van der Waals surface area contributed by atoms with Crippen LogP contribution in [0.3, 0.4) is 0 Å². The van der Waals surface area contributed by atoms with E-state index in [4.69, 9.17) is 11.1 Å². The van der Waals surface area contributed by atoms with Crippen molar-refractivity contribution in [3.8, 4) is 0 Å². The lowest BCUT2D eigenvalue weighted by atomic mass is 10.2. The van der Waals surface area contributed by atoms with Gasteiger partial charge in [0.2, 0.25) is 0 Å². The van der Waals surface area contributed by atoms with Crippen molar-refractivity contribution in [2.45, 2.75) is 20.3 Å². The number of allylic oxidation sites excluding steroid dienone is 4. The predicted molar refractivity (Wildman–Crippen MR) is 45.1 cm³/mol. The van der Waals surface area contributed by atoms with Crippen molar-refractivity contribution < 1.29 is 0 Å². The first kappa shape index (κ1) is 8.95. The number of nitrogens with two attached hydrogens (primary N) is 1. The van der Waals surface area contributed by atoms with Crippen LogP contribution in [0.4, 0.5) is 0 Å². The molecule has 0 unspecified atom stereocenters. The van der Waals surface area contributed by atoms with Crippen molar-refractivity contribution in [1.82, 2.24) is 0 Å². The van der Waals surface area contributed by atoms with Crippen molar-refractivity contribution in [2.24, 2.45) is 5.73 Å². The molecular weight excluding hydrogens is 124 g/mol. The minimum atomic E-state index is 0.823. The zero-order chi connectivity index (χ0) is 7.98. The summed E-state index contributed by atoms with van der Waals surface area (Å²) in [5.41, 5.74) is 7.19. The molecule has 0 aromatic rings. The molecular formula is C8H14N2. The predicted octanol–water partition coefficient (Wildman–Crippen LogP) is 1.83. The summed E-state index contributed by atoms with van der Waals surface area (Å²) in [6.45, 7) is 3.75. The molecule has 0 heterocycles. The monoisotopic (exact) mass is 138 g/mol. The van der Waals surface area contributed by atoms with E-state index in [1.807, 2.05) is 26.0 Å². The summed E-state index contributed by atoms with van der Waals surface area (Å²) in [6.07, 6.45) is 6.04. The number of hydrogen-bond acceptors (Lipinski definition) is 2. The van der Waals surface area contributed by atoms with E-state index >= 15 is 0 Å². The number of nitrogens with one attached hydrogen (secondary N) is 1. The smallest absolute Gasteiger partial charge is 0.0203 e. The van der Waals surface area contributed by atoms with Crippen LogP contribution in [-0.2, 0) is 0 Å². The fraction of sp³-hybridized carbons (Fsp3) is 0.375. The van der Waals surface area contributed by atoms with Crippen molar-refractivity contribution in [2.75, 3.05) is 0 Å². The van der Waals surface area contributed by atoms with E-state index in [9.17, 15) is 0 Å². The van der Waals surface area contributed by atoms with Crippen LogP contribution in [0.5, 0.6) is 0 Å². The maximum Gasteiger partial charge on any atom is 0.0203 e. The molecule has 0 saturated carbocycles. The molecule has 0 aromatic carbocycles. The normalized spacial score (nSPS) is 13.4. The van der Waals surface area contributed by atoms with Gasteiger partial charge in [-0.15, -0.1) is 0 Å². The molecule has 2 nitrogen and oxygen atoms in total. The average molecular weight is 138 g/mol. The van der Waals surface area contributed by atoms with E-state index in [2.05, 4.69) is 0 Å². The van der Waals surface area contributed by atoms with Gasteiger partial charge in [-0.25, -0.2) is 0 Å². The van der Waals surface area contributed by atoms with Crippen LogP contribution >= 0.6 is 0 Å². The van der Waals surface area contributed by atoms with Gasteiger partial charge in [-0.1, -0.05) is 12.2 Å². The molecule has 0 aliphatic rings. The molecule has 0 radical (unpaired) electrons. The molecule has 0 aromatic heterocycles. The second-order valence-electron chi connectivity index (χ2n) is 2.28. The quantitative estimate of drug-likeness (QED) is 0.574. The van der Waals surface area contributed by atoms with Gasteiger partial charge in [0.25, 0.3) is 0 Å². The van der Waals surface area contributed by atoms with E-state index in [1.165, 1.54) is 6.21 Å². The fourth-order valence-corrected chi connectivity index (χ4v) is 0.490. The second-order valence-corrected chi connectivity index (χ2v) is 2.28. The van der Waals surface area contributed by atoms with Gasteiger partial charge in [-0.05, 0) is 25.8 Å². The van der Waals surface area contributed by atoms with Crippen LogP contribution in [0.1, 0.15) is 20.3 Å². The highest BCUT2D eigenvalue weighted by Gasteiger charge is 1.79. The molecule has 0 aliphatic carbocycles. The van der Waals surface area contributed by atoms with E-state index < -0.39 is 0 Å². The molecule has 10 heavy (non-hydrogen) atoms. The third-order valence-corrected chi connectivity index (χ3v) is 1.11. The molecule has 0 rings (SSSR count). The summed E-state index contributed by atoms with van der Waals surface area (Å²) >= 11 is 0. The minimum Gasteiger partial charge on any atom is -0.403 e. The van der Waals surface area contributed by atoms with Crippen molar-refractivity contribution >= 4 is 6.21 Å². The molecule has 56 valence electrons. The highest BCUT2D eigenvalue weighted by Crippen LogP contribution is 1.93. The molecule has 0 fully saturated rings. The van der Waals surface area contributed by atoms with Gasteiger partial charge < -0.3 is 11.1 Å². The SMILES string of the molecule is C/C(C=N)=C/C/C=C(\C)N. The molecule has 2 heteroatoms. The van der Waals surface area contributed by atoms with Crippen LogP contribution in [-0.4, -0.2) is 6.21 Å². The van der Waals surface area contributed by atoms with Crippen molar-refractivity contribution in [1.29, 1.82) is 5.41 Å². The third-order valence-electron chi connectivity index (χ3n) is 1.11. The summed E-state index contributed by atoms with van der Waals surface area (Å²) in [4.78, 5) is 0. The Morgan fingerprint density at radius 2 is 2.00 bits per heavy atom. The lowest BCUT2D eigenvalue weighted by molar-refractivity contribution is 1.23. The van der Waals surface area contributed by atoms with Gasteiger partial charge in [0.05, 0.1) is 0 Å². The maximum atomic E-state index is 6.85. The Hall–Kier alpha value is -1.05. The molecule has 0 atom stereocenters. The Bertz CT molecular complexity index is 162. The number of rotatable bonds is 3. The Labute approximate surface area is 61.9 Å². The van der Waals surface area contributed by atoms with E-state index in [1.54, 1.807) is 0 Å². The molecule has 0 saturated heterocycles.